The normalized spacial score (nSPS) is 24.4. The average Bonchev–Trinajstić information content (AvgIpc) is 2.48. The van der Waals surface area contributed by atoms with Crippen LogP contribution in [0.1, 0.15) is 17.5 Å². The van der Waals surface area contributed by atoms with Gasteiger partial charge in [-0.1, -0.05) is 66.8 Å². The van der Waals surface area contributed by atoms with Gasteiger partial charge in [-0.05, 0) is 41.3 Å². The summed E-state index contributed by atoms with van der Waals surface area (Å²) < 4.78 is 0. The highest BCUT2D eigenvalue weighted by atomic mass is 14.2. The predicted molar refractivity (Wildman–Crippen MR) is 85.9 cm³/mol. The molecule has 0 heterocycles. The molecule has 2 unspecified atom stereocenters. The maximum atomic E-state index is 2.45. The van der Waals surface area contributed by atoms with Crippen molar-refractivity contribution in [3.63, 3.8) is 0 Å². The Morgan fingerprint density at radius 3 is 2.89 bits per heavy atom. The van der Waals surface area contributed by atoms with Crippen molar-refractivity contribution in [2.45, 2.75) is 18.7 Å². The summed E-state index contributed by atoms with van der Waals surface area (Å²) >= 11 is 0. The van der Waals surface area contributed by atoms with Crippen molar-refractivity contribution in [3.8, 4) is 0 Å². The Bertz CT molecular complexity index is 575. The lowest BCUT2D eigenvalue weighted by Gasteiger charge is -2.20. The highest BCUT2D eigenvalue weighted by Crippen LogP contribution is 2.29. The molecule has 0 saturated carbocycles. The Balaban J connectivity index is 1.76. The summed E-state index contributed by atoms with van der Waals surface area (Å²) in [6.45, 7) is 0. The molecule has 3 rings (SSSR count). The molecule has 0 saturated heterocycles. The number of hydrogen-bond donors (Lipinski definition) is 0. The third-order valence-electron chi connectivity index (χ3n) is 4.09. The van der Waals surface area contributed by atoms with Crippen LogP contribution in [0.2, 0.25) is 5.82 Å². The molecule has 2 atom stereocenters. The predicted octanol–water partition coefficient (Wildman–Crippen LogP) is 3.74. The van der Waals surface area contributed by atoms with Crippen LogP contribution in [-0.2, 0) is 6.42 Å². The fourth-order valence-corrected chi connectivity index (χ4v) is 2.90. The van der Waals surface area contributed by atoms with Gasteiger partial charge in [0.1, 0.15) is 7.85 Å². The maximum Gasteiger partial charge on any atom is 0.111 e. The second-order valence-corrected chi connectivity index (χ2v) is 5.52. The fraction of sp³-hybridized carbons (Fsp3) is 0.222. The Morgan fingerprint density at radius 1 is 1.16 bits per heavy atom. The average molecular weight is 246 g/mol. The second-order valence-electron chi connectivity index (χ2n) is 5.52. The molecule has 1 aromatic carbocycles. The van der Waals surface area contributed by atoms with Crippen LogP contribution in [-0.4, -0.2) is 7.85 Å². The van der Waals surface area contributed by atoms with E-state index in [1.54, 1.807) is 0 Å². The minimum absolute atomic E-state index is 0.603. The summed E-state index contributed by atoms with van der Waals surface area (Å²) in [5.41, 5.74) is 4.27. The zero-order valence-corrected chi connectivity index (χ0v) is 11.4. The summed E-state index contributed by atoms with van der Waals surface area (Å²) in [5.74, 6) is 1.26. The quantitative estimate of drug-likeness (QED) is 0.697. The lowest BCUT2D eigenvalue weighted by molar-refractivity contribution is 0.665. The highest BCUT2D eigenvalue weighted by molar-refractivity contribution is 6.13. The van der Waals surface area contributed by atoms with E-state index in [-0.39, 0.29) is 0 Å². The first kappa shape index (κ1) is 12.3. The van der Waals surface area contributed by atoms with E-state index >= 15 is 0 Å². The summed E-state index contributed by atoms with van der Waals surface area (Å²) in [4.78, 5) is 0. The number of fused-ring (bicyclic) bond motifs is 1. The standard InChI is InChI=1S/C18H19B/c19-18(16-7-2-1-3-8-16)13-14-10-11-15-6-4-5-9-17(15)12-14/h1-7,9-11,13,16,18H,8,12,19H2/b14-13-. The summed E-state index contributed by atoms with van der Waals surface area (Å²) in [5, 5.41) is 0. The molecule has 0 bridgehead atoms. The lowest BCUT2D eigenvalue weighted by atomic mass is 9.72. The van der Waals surface area contributed by atoms with Crippen molar-refractivity contribution < 1.29 is 0 Å². The maximum absolute atomic E-state index is 2.45. The minimum Gasteiger partial charge on any atom is -0.0852 e. The van der Waals surface area contributed by atoms with E-state index in [1.165, 1.54) is 23.1 Å². The van der Waals surface area contributed by atoms with E-state index in [0.29, 0.717) is 11.7 Å². The van der Waals surface area contributed by atoms with E-state index < -0.39 is 0 Å². The molecule has 0 fully saturated rings. The Hall–Kier alpha value is -1.76. The zero-order chi connectivity index (χ0) is 13.1. The smallest absolute Gasteiger partial charge is 0.0852 e. The van der Waals surface area contributed by atoms with Gasteiger partial charge in [0.2, 0.25) is 0 Å². The molecule has 0 aliphatic heterocycles. The fourth-order valence-electron chi connectivity index (χ4n) is 2.90. The van der Waals surface area contributed by atoms with Gasteiger partial charge in [0.05, 0.1) is 0 Å². The van der Waals surface area contributed by atoms with E-state index in [4.69, 9.17) is 0 Å². The van der Waals surface area contributed by atoms with Gasteiger partial charge in [-0.25, -0.2) is 0 Å². The summed E-state index contributed by atoms with van der Waals surface area (Å²) in [7, 11) is 2.33. The van der Waals surface area contributed by atoms with E-state index in [1.807, 2.05) is 0 Å². The zero-order valence-electron chi connectivity index (χ0n) is 11.4. The van der Waals surface area contributed by atoms with Crippen LogP contribution in [0.25, 0.3) is 6.08 Å². The molecule has 1 heteroatoms. The van der Waals surface area contributed by atoms with Crippen LogP contribution >= 0.6 is 0 Å². The SMILES string of the molecule is BC(/C=C1/C=Cc2ccccc2C1)C1C=CC=CC1. The molecule has 19 heavy (non-hydrogen) atoms. The van der Waals surface area contributed by atoms with Crippen LogP contribution in [0, 0.1) is 5.92 Å². The number of benzene rings is 1. The van der Waals surface area contributed by atoms with Crippen LogP contribution in [0.4, 0.5) is 0 Å². The van der Waals surface area contributed by atoms with Crippen molar-refractivity contribution in [2.75, 3.05) is 0 Å². The monoisotopic (exact) mass is 246 g/mol. The Labute approximate surface area is 116 Å². The van der Waals surface area contributed by atoms with E-state index in [2.05, 4.69) is 74.6 Å². The van der Waals surface area contributed by atoms with Gasteiger partial charge in [-0.3, -0.25) is 0 Å². The van der Waals surface area contributed by atoms with Crippen molar-refractivity contribution in [3.05, 3.63) is 77.4 Å². The van der Waals surface area contributed by atoms with Crippen molar-refractivity contribution in [1.82, 2.24) is 0 Å². The van der Waals surface area contributed by atoms with Crippen molar-refractivity contribution in [2.24, 2.45) is 5.92 Å². The molecule has 0 spiro atoms. The first-order valence-corrected chi connectivity index (χ1v) is 7.13. The first-order chi connectivity index (χ1) is 9.33. The van der Waals surface area contributed by atoms with E-state index in [9.17, 15) is 0 Å². The minimum atomic E-state index is 0.603. The van der Waals surface area contributed by atoms with Gasteiger partial charge in [0, 0.05) is 0 Å². The second kappa shape index (κ2) is 5.48. The highest BCUT2D eigenvalue weighted by Gasteiger charge is 2.14. The molecule has 0 aromatic heterocycles. The van der Waals surface area contributed by atoms with Gasteiger partial charge < -0.3 is 0 Å². The molecule has 2 aliphatic rings. The Kier molecular flexibility index (Phi) is 3.54. The molecule has 0 amide bonds. The summed E-state index contributed by atoms with van der Waals surface area (Å²) in [6, 6.07) is 8.68. The van der Waals surface area contributed by atoms with Crippen LogP contribution < -0.4 is 0 Å². The third kappa shape index (κ3) is 2.81. The van der Waals surface area contributed by atoms with Gasteiger partial charge >= 0.3 is 0 Å². The molecule has 0 N–H and O–H groups in total. The number of rotatable bonds is 2. The van der Waals surface area contributed by atoms with Crippen LogP contribution in [0.15, 0.2) is 66.3 Å². The summed E-state index contributed by atoms with van der Waals surface area (Å²) in [6.07, 6.45) is 18.1. The van der Waals surface area contributed by atoms with Gasteiger partial charge in [-0.15, -0.1) is 0 Å². The largest absolute Gasteiger partial charge is 0.111 e. The lowest BCUT2D eigenvalue weighted by Crippen LogP contribution is -2.07. The molecule has 0 radical (unpaired) electrons. The molecule has 2 aliphatic carbocycles. The first-order valence-electron chi connectivity index (χ1n) is 7.13. The molecular weight excluding hydrogens is 227 g/mol. The topological polar surface area (TPSA) is 0 Å². The molecular formula is C18H19B. The molecule has 94 valence electrons. The third-order valence-corrected chi connectivity index (χ3v) is 4.09. The number of hydrogen-bond acceptors (Lipinski definition) is 0. The van der Waals surface area contributed by atoms with Gasteiger partial charge in [0.25, 0.3) is 0 Å². The molecule has 1 aromatic rings. The van der Waals surface area contributed by atoms with Crippen molar-refractivity contribution in [1.29, 1.82) is 0 Å². The Morgan fingerprint density at radius 2 is 2.05 bits per heavy atom. The van der Waals surface area contributed by atoms with Crippen LogP contribution in [0.5, 0.6) is 0 Å². The van der Waals surface area contributed by atoms with E-state index in [0.717, 1.165) is 6.42 Å². The number of allylic oxidation sites excluding steroid dienone is 7. The van der Waals surface area contributed by atoms with Crippen molar-refractivity contribution >= 4 is 13.9 Å². The van der Waals surface area contributed by atoms with Crippen LogP contribution in [0.3, 0.4) is 0 Å². The molecule has 0 nitrogen and oxygen atoms in total. The van der Waals surface area contributed by atoms with Gasteiger partial charge in [-0.2, -0.15) is 0 Å². The van der Waals surface area contributed by atoms with Gasteiger partial charge in [0.15, 0.2) is 0 Å².